The average Bonchev–Trinajstić information content (AvgIpc) is 3.20. The molecule has 0 aliphatic heterocycles. The molecule has 4 nitrogen and oxygen atoms in total. The third-order valence-corrected chi connectivity index (χ3v) is 3.33. The molecule has 2 N–H and O–H groups in total. The van der Waals surface area contributed by atoms with Crippen molar-refractivity contribution in [2.75, 3.05) is 19.6 Å². The van der Waals surface area contributed by atoms with E-state index in [4.69, 9.17) is 4.74 Å². The molecule has 1 saturated carbocycles. The Bertz CT molecular complexity index is 444. The molecule has 2 rings (SSSR count). The number of nitrogens with one attached hydrogen (secondary N) is 2. The third kappa shape index (κ3) is 5.61. The largest absolute Gasteiger partial charge is 0.489 e. The highest BCUT2D eigenvalue weighted by Crippen LogP contribution is 2.27. The topological polar surface area (TPSA) is 50.4 Å². The van der Waals surface area contributed by atoms with Crippen LogP contribution in [0.5, 0.6) is 5.75 Å². The van der Waals surface area contributed by atoms with Crippen molar-refractivity contribution < 1.29 is 9.53 Å². The van der Waals surface area contributed by atoms with Gasteiger partial charge in [-0.3, -0.25) is 4.79 Å². The Hall–Kier alpha value is -1.55. The van der Waals surface area contributed by atoms with Crippen LogP contribution in [0.2, 0.25) is 0 Å². The van der Waals surface area contributed by atoms with E-state index in [1.165, 1.54) is 18.4 Å². The molecular weight excluding hydrogens is 252 g/mol. The fourth-order valence-corrected chi connectivity index (χ4v) is 1.99. The lowest BCUT2D eigenvalue weighted by Crippen LogP contribution is -2.39. The lowest BCUT2D eigenvalue weighted by molar-refractivity contribution is -0.120. The Morgan fingerprint density at radius 1 is 1.45 bits per heavy atom. The van der Waals surface area contributed by atoms with E-state index >= 15 is 0 Å². The predicted octanol–water partition coefficient (Wildman–Crippen LogP) is 1.88. The second-order valence-corrected chi connectivity index (χ2v) is 5.62. The first kappa shape index (κ1) is 14.9. The molecule has 0 heterocycles. The smallest absolute Gasteiger partial charge is 0.234 e. The number of aryl methyl sites for hydroxylation is 1. The Morgan fingerprint density at radius 2 is 2.25 bits per heavy atom. The Labute approximate surface area is 120 Å². The maximum Gasteiger partial charge on any atom is 0.234 e. The predicted molar refractivity (Wildman–Crippen MR) is 79.9 cm³/mol. The summed E-state index contributed by atoms with van der Waals surface area (Å²) in [6.07, 6.45) is 2.57. The number of benzene rings is 1. The first-order chi connectivity index (χ1) is 9.63. The van der Waals surface area contributed by atoms with Crippen LogP contribution >= 0.6 is 0 Å². The first-order valence-electron chi connectivity index (χ1n) is 7.34. The summed E-state index contributed by atoms with van der Waals surface area (Å²) < 4.78 is 5.76. The third-order valence-electron chi connectivity index (χ3n) is 3.33. The summed E-state index contributed by atoms with van der Waals surface area (Å²) in [5, 5.41) is 6.06. The standard InChI is InChI=1S/C16H24N2O2/c1-12-4-3-5-15(8-12)20-13(2)9-18-16(19)11-17-10-14-6-7-14/h3-5,8,13-14,17H,6-7,9-11H2,1-2H3,(H,18,19). The number of rotatable bonds is 8. The van der Waals surface area contributed by atoms with E-state index in [0.717, 1.165) is 18.2 Å². The van der Waals surface area contributed by atoms with Crippen molar-refractivity contribution in [3.63, 3.8) is 0 Å². The normalized spacial score (nSPS) is 15.7. The van der Waals surface area contributed by atoms with Gasteiger partial charge in [-0.15, -0.1) is 0 Å². The summed E-state index contributed by atoms with van der Waals surface area (Å²) in [4.78, 5) is 11.6. The maximum atomic E-state index is 11.6. The van der Waals surface area contributed by atoms with Gasteiger partial charge in [0.25, 0.3) is 0 Å². The van der Waals surface area contributed by atoms with E-state index in [9.17, 15) is 4.79 Å². The molecule has 1 unspecified atom stereocenters. The number of hydrogen-bond acceptors (Lipinski definition) is 3. The number of carbonyl (C=O) groups is 1. The SMILES string of the molecule is Cc1cccc(OC(C)CNC(=O)CNCC2CC2)c1. The van der Waals surface area contributed by atoms with Crippen molar-refractivity contribution in [1.82, 2.24) is 10.6 Å². The van der Waals surface area contributed by atoms with Gasteiger partial charge in [0.2, 0.25) is 5.91 Å². The van der Waals surface area contributed by atoms with E-state index in [0.29, 0.717) is 13.1 Å². The quantitative estimate of drug-likeness (QED) is 0.762. The van der Waals surface area contributed by atoms with Crippen LogP contribution in [0.4, 0.5) is 0 Å². The van der Waals surface area contributed by atoms with E-state index in [2.05, 4.69) is 10.6 Å². The van der Waals surface area contributed by atoms with Crippen molar-refractivity contribution in [3.05, 3.63) is 29.8 Å². The zero-order chi connectivity index (χ0) is 14.4. The van der Waals surface area contributed by atoms with Gasteiger partial charge in [0.15, 0.2) is 0 Å². The fourth-order valence-electron chi connectivity index (χ4n) is 1.99. The van der Waals surface area contributed by atoms with Gasteiger partial charge in [0.1, 0.15) is 11.9 Å². The highest BCUT2D eigenvalue weighted by molar-refractivity contribution is 5.77. The molecule has 1 aromatic carbocycles. The highest BCUT2D eigenvalue weighted by atomic mass is 16.5. The Balaban J connectivity index is 1.61. The average molecular weight is 276 g/mol. The van der Waals surface area contributed by atoms with Crippen molar-refractivity contribution in [3.8, 4) is 5.75 Å². The van der Waals surface area contributed by atoms with E-state index in [1.807, 2.05) is 38.1 Å². The highest BCUT2D eigenvalue weighted by Gasteiger charge is 2.20. The van der Waals surface area contributed by atoms with Crippen molar-refractivity contribution in [1.29, 1.82) is 0 Å². The van der Waals surface area contributed by atoms with Gasteiger partial charge in [0, 0.05) is 0 Å². The van der Waals surface area contributed by atoms with Crippen molar-refractivity contribution >= 4 is 5.91 Å². The van der Waals surface area contributed by atoms with Crippen LogP contribution < -0.4 is 15.4 Å². The second kappa shape index (κ2) is 7.29. The van der Waals surface area contributed by atoms with Crippen LogP contribution in [0.25, 0.3) is 0 Å². The summed E-state index contributed by atoms with van der Waals surface area (Å²) in [5.74, 6) is 1.68. The molecule has 0 aromatic heterocycles. The number of ether oxygens (including phenoxy) is 1. The first-order valence-corrected chi connectivity index (χ1v) is 7.34. The molecule has 1 aliphatic rings. The molecule has 1 amide bonds. The summed E-state index contributed by atoms with van der Waals surface area (Å²) in [5.41, 5.74) is 1.17. The van der Waals surface area contributed by atoms with Crippen LogP contribution in [0, 0.1) is 12.8 Å². The molecule has 1 aliphatic carbocycles. The number of carbonyl (C=O) groups excluding carboxylic acids is 1. The minimum Gasteiger partial charge on any atom is -0.489 e. The lowest BCUT2D eigenvalue weighted by atomic mass is 10.2. The monoisotopic (exact) mass is 276 g/mol. The molecule has 1 aromatic rings. The molecule has 1 fully saturated rings. The van der Waals surface area contributed by atoms with Gasteiger partial charge in [-0.1, -0.05) is 12.1 Å². The minimum atomic E-state index is -0.0378. The van der Waals surface area contributed by atoms with Crippen LogP contribution in [0.15, 0.2) is 24.3 Å². The van der Waals surface area contributed by atoms with E-state index in [1.54, 1.807) is 0 Å². The van der Waals surface area contributed by atoms with Gasteiger partial charge >= 0.3 is 0 Å². The summed E-state index contributed by atoms with van der Waals surface area (Å²) in [7, 11) is 0. The Morgan fingerprint density at radius 3 is 2.95 bits per heavy atom. The molecule has 1 atom stereocenters. The molecule has 0 spiro atoms. The molecule has 0 bridgehead atoms. The number of amides is 1. The second-order valence-electron chi connectivity index (χ2n) is 5.62. The van der Waals surface area contributed by atoms with Crippen LogP contribution in [0.1, 0.15) is 25.3 Å². The molecule has 110 valence electrons. The lowest BCUT2D eigenvalue weighted by Gasteiger charge is -2.16. The molecule has 4 heteroatoms. The molecule has 0 saturated heterocycles. The molecule has 20 heavy (non-hydrogen) atoms. The zero-order valence-corrected chi connectivity index (χ0v) is 12.3. The summed E-state index contributed by atoms with van der Waals surface area (Å²) >= 11 is 0. The molecular formula is C16H24N2O2. The van der Waals surface area contributed by atoms with Crippen molar-refractivity contribution in [2.24, 2.45) is 5.92 Å². The Kier molecular flexibility index (Phi) is 5.41. The van der Waals surface area contributed by atoms with Crippen LogP contribution in [-0.2, 0) is 4.79 Å². The summed E-state index contributed by atoms with van der Waals surface area (Å²) in [6, 6.07) is 7.93. The fraction of sp³-hybridized carbons (Fsp3) is 0.562. The van der Waals surface area contributed by atoms with Gasteiger partial charge < -0.3 is 15.4 Å². The van der Waals surface area contributed by atoms with Gasteiger partial charge in [-0.25, -0.2) is 0 Å². The van der Waals surface area contributed by atoms with E-state index in [-0.39, 0.29) is 12.0 Å². The van der Waals surface area contributed by atoms with Crippen LogP contribution in [0.3, 0.4) is 0 Å². The minimum absolute atomic E-state index is 0.0327. The van der Waals surface area contributed by atoms with E-state index < -0.39 is 0 Å². The zero-order valence-electron chi connectivity index (χ0n) is 12.3. The van der Waals surface area contributed by atoms with Crippen LogP contribution in [-0.4, -0.2) is 31.6 Å². The molecule has 0 radical (unpaired) electrons. The van der Waals surface area contributed by atoms with Gasteiger partial charge in [0.05, 0.1) is 13.1 Å². The van der Waals surface area contributed by atoms with Gasteiger partial charge in [-0.2, -0.15) is 0 Å². The maximum absolute atomic E-state index is 11.6. The van der Waals surface area contributed by atoms with Crippen molar-refractivity contribution in [2.45, 2.75) is 32.8 Å². The summed E-state index contributed by atoms with van der Waals surface area (Å²) in [6.45, 7) is 5.87. The van der Waals surface area contributed by atoms with Gasteiger partial charge in [-0.05, 0) is 56.8 Å². The number of hydrogen-bond donors (Lipinski definition) is 2.